The lowest BCUT2D eigenvalue weighted by Crippen LogP contribution is -2.35. The predicted octanol–water partition coefficient (Wildman–Crippen LogP) is 1.43. The van der Waals surface area contributed by atoms with Gasteiger partial charge in [-0.2, -0.15) is 0 Å². The van der Waals surface area contributed by atoms with Crippen molar-refractivity contribution < 1.29 is 14.3 Å². The third-order valence-electron chi connectivity index (χ3n) is 2.28. The first-order valence-electron chi connectivity index (χ1n) is 4.74. The molecule has 1 aromatic rings. The molecule has 2 N–H and O–H groups in total. The first-order chi connectivity index (χ1) is 6.98. The highest BCUT2D eigenvalue weighted by molar-refractivity contribution is 5.93. The average molecular weight is 207 g/mol. The molecule has 0 spiro atoms. The third-order valence-corrected chi connectivity index (χ3v) is 2.28. The van der Waals surface area contributed by atoms with Gasteiger partial charge in [0.25, 0.3) is 0 Å². The molecule has 0 bridgehead atoms. The summed E-state index contributed by atoms with van der Waals surface area (Å²) in [4.78, 5) is 11.0. The van der Waals surface area contributed by atoms with Crippen LogP contribution in [0.25, 0.3) is 0 Å². The van der Waals surface area contributed by atoms with Crippen LogP contribution in [-0.4, -0.2) is 11.7 Å². The number of benzene rings is 1. The number of ether oxygens (including phenoxy) is 2. The van der Waals surface area contributed by atoms with Crippen molar-refractivity contribution in [3.8, 4) is 5.75 Å². The minimum Gasteiger partial charge on any atom is -0.463 e. The van der Waals surface area contributed by atoms with Gasteiger partial charge in [-0.3, -0.25) is 4.79 Å². The van der Waals surface area contributed by atoms with Crippen LogP contribution < -0.4 is 10.5 Å². The lowest BCUT2D eigenvalue weighted by atomic mass is 10.1. The minimum absolute atomic E-state index is 0.450. The molecule has 0 unspecified atom stereocenters. The number of carbonyl (C=O) groups excluding carboxylic acids is 1. The Morgan fingerprint density at radius 1 is 1.47 bits per heavy atom. The Labute approximate surface area is 88.0 Å². The fourth-order valence-corrected chi connectivity index (χ4v) is 1.47. The van der Waals surface area contributed by atoms with Gasteiger partial charge in [-0.1, -0.05) is 6.07 Å². The lowest BCUT2D eigenvalue weighted by Gasteiger charge is -2.32. The van der Waals surface area contributed by atoms with Gasteiger partial charge in [0.15, 0.2) is 0 Å². The van der Waals surface area contributed by atoms with E-state index in [2.05, 4.69) is 0 Å². The van der Waals surface area contributed by atoms with Crippen LogP contribution in [0.5, 0.6) is 5.75 Å². The number of rotatable bonds is 1. The van der Waals surface area contributed by atoms with E-state index in [9.17, 15) is 4.79 Å². The van der Waals surface area contributed by atoms with E-state index in [1.165, 1.54) is 0 Å². The van der Waals surface area contributed by atoms with Crippen molar-refractivity contribution in [2.24, 2.45) is 5.73 Å². The number of amides is 1. The van der Waals surface area contributed by atoms with Crippen molar-refractivity contribution in [3.63, 3.8) is 0 Å². The summed E-state index contributed by atoms with van der Waals surface area (Å²) in [6.45, 7) is 4.14. The van der Waals surface area contributed by atoms with Crippen molar-refractivity contribution >= 4 is 5.91 Å². The lowest BCUT2D eigenvalue weighted by molar-refractivity contribution is -0.180. The Kier molecular flexibility index (Phi) is 2.16. The second-order valence-corrected chi connectivity index (χ2v) is 3.98. The van der Waals surface area contributed by atoms with E-state index in [0.717, 1.165) is 5.56 Å². The monoisotopic (exact) mass is 207 g/mol. The smallest absolute Gasteiger partial charge is 0.248 e. The van der Waals surface area contributed by atoms with Gasteiger partial charge in [0, 0.05) is 25.0 Å². The second-order valence-electron chi connectivity index (χ2n) is 3.98. The van der Waals surface area contributed by atoms with Crippen LogP contribution >= 0.6 is 0 Å². The van der Waals surface area contributed by atoms with E-state index in [0.29, 0.717) is 17.9 Å². The first kappa shape index (κ1) is 9.98. The molecule has 1 amide bonds. The molecule has 1 aliphatic rings. The van der Waals surface area contributed by atoms with Gasteiger partial charge in [0.2, 0.25) is 11.7 Å². The van der Waals surface area contributed by atoms with Gasteiger partial charge in [0.1, 0.15) is 5.75 Å². The summed E-state index contributed by atoms with van der Waals surface area (Å²) >= 11 is 0. The summed E-state index contributed by atoms with van der Waals surface area (Å²) in [5.74, 6) is -0.434. The molecule has 1 aromatic carbocycles. The molecule has 80 valence electrons. The predicted molar refractivity (Wildman–Crippen MR) is 54.5 cm³/mol. The summed E-state index contributed by atoms with van der Waals surface area (Å²) in [6, 6.07) is 5.12. The first-order valence-corrected chi connectivity index (χ1v) is 4.74. The third kappa shape index (κ3) is 1.94. The molecule has 0 aliphatic carbocycles. The second kappa shape index (κ2) is 3.24. The highest BCUT2D eigenvalue weighted by atomic mass is 16.7. The fourth-order valence-electron chi connectivity index (χ4n) is 1.47. The van der Waals surface area contributed by atoms with Crippen LogP contribution in [0.3, 0.4) is 0 Å². The van der Waals surface area contributed by atoms with Crippen LogP contribution in [0.4, 0.5) is 0 Å². The summed E-state index contributed by atoms with van der Waals surface area (Å²) in [6.07, 6.45) is 0. The van der Waals surface area contributed by atoms with Gasteiger partial charge < -0.3 is 15.2 Å². The van der Waals surface area contributed by atoms with Gasteiger partial charge in [-0.25, -0.2) is 0 Å². The van der Waals surface area contributed by atoms with Gasteiger partial charge in [-0.05, 0) is 12.1 Å². The highest BCUT2D eigenvalue weighted by Crippen LogP contribution is 2.31. The molecule has 4 nitrogen and oxygen atoms in total. The Balaban J connectivity index is 2.39. The SMILES string of the molecule is CC1(C)OCc2ccc(C(N)=O)cc2O1. The van der Waals surface area contributed by atoms with E-state index < -0.39 is 11.7 Å². The van der Waals surface area contributed by atoms with Crippen molar-refractivity contribution in [2.45, 2.75) is 26.2 Å². The van der Waals surface area contributed by atoms with Crippen LogP contribution in [-0.2, 0) is 11.3 Å². The highest BCUT2D eigenvalue weighted by Gasteiger charge is 2.27. The Hall–Kier alpha value is -1.55. The van der Waals surface area contributed by atoms with Crippen molar-refractivity contribution in [2.75, 3.05) is 0 Å². The molecule has 0 fully saturated rings. The summed E-state index contributed by atoms with van der Waals surface area (Å²) in [5.41, 5.74) is 6.57. The van der Waals surface area contributed by atoms with Gasteiger partial charge >= 0.3 is 0 Å². The van der Waals surface area contributed by atoms with Gasteiger partial charge in [0.05, 0.1) is 6.61 Å². The number of hydrogen-bond acceptors (Lipinski definition) is 3. The zero-order valence-electron chi connectivity index (χ0n) is 8.74. The standard InChI is InChI=1S/C11H13NO3/c1-11(2)14-6-8-4-3-7(10(12)13)5-9(8)15-11/h3-5H,6H2,1-2H3,(H2,12,13). The normalized spacial score (nSPS) is 17.7. The zero-order chi connectivity index (χ0) is 11.1. The average Bonchev–Trinajstić information content (AvgIpc) is 2.15. The van der Waals surface area contributed by atoms with E-state index >= 15 is 0 Å². The van der Waals surface area contributed by atoms with Crippen molar-refractivity contribution in [1.29, 1.82) is 0 Å². The maximum absolute atomic E-state index is 11.0. The fraction of sp³-hybridized carbons (Fsp3) is 0.364. The molecule has 0 atom stereocenters. The van der Waals surface area contributed by atoms with E-state index in [-0.39, 0.29) is 0 Å². The molecule has 0 radical (unpaired) electrons. The van der Waals surface area contributed by atoms with Crippen molar-refractivity contribution in [3.05, 3.63) is 29.3 Å². The molecule has 15 heavy (non-hydrogen) atoms. The van der Waals surface area contributed by atoms with E-state index in [1.54, 1.807) is 18.2 Å². The Morgan fingerprint density at radius 3 is 2.87 bits per heavy atom. The summed E-state index contributed by atoms with van der Waals surface area (Å²) < 4.78 is 11.0. The molecule has 4 heteroatoms. The molecule has 1 aliphatic heterocycles. The Morgan fingerprint density at radius 2 is 2.20 bits per heavy atom. The van der Waals surface area contributed by atoms with E-state index in [1.807, 2.05) is 13.8 Å². The topological polar surface area (TPSA) is 61.5 Å². The van der Waals surface area contributed by atoms with Crippen LogP contribution in [0.2, 0.25) is 0 Å². The van der Waals surface area contributed by atoms with E-state index in [4.69, 9.17) is 15.2 Å². The largest absolute Gasteiger partial charge is 0.463 e. The minimum atomic E-state index is -0.650. The quantitative estimate of drug-likeness (QED) is 0.757. The zero-order valence-corrected chi connectivity index (χ0v) is 8.74. The molecule has 0 saturated heterocycles. The Bertz CT molecular complexity index is 412. The van der Waals surface area contributed by atoms with Crippen LogP contribution in [0.15, 0.2) is 18.2 Å². The number of carbonyl (C=O) groups is 1. The molecule has 1 heterocycles. The number of nitrogens with two attached hydrogens (primary N) is 1. The van der Waals surface area contributed by atoms with Crippen LogP contribution in [0, 0.1) is 0 Å². The molecule has 0 aromatic heterocycles. The molecule has 2 rings (SSSR count). The molecule has 0 saturated carbocycles. The molecular formula is C11H13NO3. The summed E-state index contributed by atoms with van der Waals surface area (Å²) in [5, 5.41) is 0. The van der Waals surface area contributed by atoms with Crippen LogP contribution in [0.1, 0.15) is 29.8 Å². The summed E-state index contributed by atoms with van der Waals surface area (Å²) in [7, 11) is 0. The molecular weight excluding hydrogens is 194 g/mol. The van der Waals surface area contributed by atoms with Gasteiger partial charge in [-0.15, -0.1) is 0 Å². The maximum Gasteiger partial charge on any atom is 0.248 e. The van der Waals surface area contributed by atoms with Crippen molar-refractivity contribution in [1.82, 2.24) is 0 Å². The number of hydrogen-bond donors (Lipinski definition) is 1. The maximum atomic E-state index is 11.0. The number of primary amides is 1. The number of fused-ring (bicyclic) bond motifs is 1.